The van der Waals surface area contributed by atoms with Gasteiger partial charge in [-0.3, -0.25) is 0 Å². The van der Waals surface area contributed by atoms with Gasteiger partial charge in [-0.15, -0.1) is 35.3 Å². The summed E-state index contributed by atoms with van der Waals surface area (Å²) < 4.78 is 11.2. The molecule has 0 atom stereocenters. The SMILES string of the molecule is I.NC(=NCc1cccs1)Nc1ccc2c(c1)OCCCO2. The van der Waals surface area contributed by atoms with Crippen LogP contribution in [0.25, 0.3) is 0 Å². The third-order valence-corrected chi connectivity index (χ3v) is 3.87. The number of thiophene rings is 1. The third-order valence-electron chi connectivity index (χ3n) is 3.01. The number of hydrogen-bond acceptors (Lipinski definition) is 4. The number of rotatable bonds is 3. The lowest BCUT2D eigenvalue weighted by molar-refractivity contribution is 0.297. The lowest BCUT2D eigenvalue weighted by Gasteiger charge is -2.10. The minimum atomic E-state index is 0. The zero-order chi connectivity index (χ0) is 14.5. The Morgan fingerprint density at radius 3 is 2.82 bits per heavy atom. The highest BCUT2D eigenvalue weighted by molar-refractivity contribution is 14.0. The van der Waals surface area contributed by atoms with Gasteiger partial charge in [0.1, 0.15) is 0 Å². The Morgan fingerprint density at radius 1 is 1.23 bits per heavy atom. The van der Waals surface area contributed by atoms with E-state index in [1.54, 1.807) is 11.3 Å². The van der Waals surface area contributed by atoms with Crippen LogP contribution in [0.15, 0.2) is 40.7 Å². The van der Waals surface area contributed by atoms with Gasteiger partial charge in [0, 0.05) is 23.1 Å². The van der Waals surface area contributed by atoms with Crippen LogP contribution in [0.4, 0.5) is 5.69 Å². The number of guanidine groups is 1. The van der Waals surface area contributed by atoms with Crippen molar-refractivity contribution >= 4 is 47.0 Å². The molecule has 118 valence electrons. The molecule has 7 heteroatoms. The molecule has 1 aliphatic heterocycles. The Balaban J connectivity index is 0.00000176. The van der Waals surface area contributed by atoms with Crippen LogP contribution in [-0.4, -0.2) is 19.2 Å². The monoisotopic (exact) mass is 431 g/mol. The minimum Gasteiger partial charge on any atom is -0.490 e. The average Bonchev–Trinajstić information content (AvgIpc) is 2.90. The molecule has 0 saturated heterocycles. The van der Waals surface area contributed by atoms with Crippen molar-refractivity contribution in [2.24, 2.45) is 10.7 Å². The molecule has 0 unspecified atom stereocenters. The van der Waals surface area contributed by atoms with Gasteiger partial charge in [0.15, 0.2) is 17.5 Å². The third kappa shape index (κ3) is 4.51. The number of fused-ring (bicyclic) bond motifs is 1. The van der Waals surface area contributed by atoms with E-state index in [4.69, 9.17) is 15.2 Å². The number of benzene rings is 1. The fourth-order valence-electron chi connectivity index (χ4n) is 1.99. The van der Waals surface area contributed by atoms with Gasteiger partial charge in [-0.2, -0.15) is 0 Å². The van der Waals surface area contributed by atoms with Crippen LogP contribution in [-0.2, 0) is 6.54 Å². The molecule has 1 aromatic heterocycles. The van der Waals surface area contributed by atoms with Crippen LogP contribution < -0.4 is 20.5 Å². The quantitative estimate of drug-likeness (QED) is 0.444. The maximum Gasteiger partial charge on any atom is 0.193 e. The highest BCUT2D eigenvalue weighted by Crippen LogP contribution is 2.32. The van der Waals surface area contributed by atoms with Gasteiger partial charge in [0.2, 0.25) is 0 Å². The smallest absolute Gasteiger partial charge is 0.193 e. The molecular weight excluding hydrogens is 413 g/mol. The van der Waals surface area contributed by atoms with Crippen molar-refractivity contribution in [2.45, 2.75) is 13.0 Å². The second kappa shape index (κ2) is 8.23. The lowest BCUT2D eigenvalue weighted by atomic mass is 10.3. The van der Waals surface area contributed by atoms with E-state index in [-0.39, 0.29) is 24.0 Å². The van der Waals surface area contributed by atoms with Crippen molar-refractivity contribution in [1.29, 1.82) is 0 Å². The van der Waals surface area contributed by atoms with E-state index >= 15 is 0 Å². The fourth-order valence-corrected chi connectivity index (χ4v) is 2.62. The zero-order valence-corrected chi connectivity index (χ0v) is 15.1. The average molecular weight is 431 g/mol. The van der Waals surface area contributed by atoms with E-state index in [9.17, 15) is 0 Å². The van der Waals surface area contributed by atoms with Gasteiger partial charge in [-0.1, -0.05) is 6.07 Å². The van der Waals surface area contributed by atoms with Gasteiger partial charge >= 0.3 is 0 Å². The largest absolute Gasteiger partial charge is 0.490 e. The standard InChI is InChI=1S/C15H17N3O2S.HI/c16-15(17-10-12-3-1-8-21-12)18-11-4-5-13-14(9-11)20-7-2-6-19-13;/h1,3-5,8-9H,2,6-7,10H2,(H3,16,17,18);1H. The molecule has 0 spiro atoms. The van der Waals surface area contributed by atoms with Crippen LogP contribution in [0, 0.1) is 0 Å². The van der Waals surface area contributed by atoms with E-state index in [2.05, 4.69) is 10.3 Å². The summed E-state index contributed by atoms with van der Waals surface area (Å²) in [6, 6.07) is 9.71. The lowest BCUT2D eigenvalue weighted by Crippen LogP contribution is -2.22. The van der Waals surface area contributed by atoms with E-state index in [0.29, 0.717) is 25.7 Å². The van der Waals surface area contributed by atoms with Crippen LogP contribution >= 0.6 is 35.3 Å². The molecule has 1 aromatic carbocycles. The maximum atomic E-state index is 5.90. The number of nitrogens with one attached hydrogen (secondary N) is 1. The van der Waals surface area contributed by atoms with Crippen LogP contribution in [0.5, 0.6) is 11.5 Å². The summed E-state index contributed by atoms with van der Waals surface area (Å²) >= 11 is 1.67. The molecule has 22 heavy (non-hydrogen) atoms. The minimum absolute atomic E-state index is 0. The van der Waals surface area contributed by atoms with Crippen molar-refractivity contribution in [2.75, 3.05) is 18.5 Å². The number of hydrogen-bond donors (Lipinski definition) is 2. The predicted molar refractivity (Wildman–Crippen MR) is 101 cm³/mol. The summed E-state index contributed by atoms with van der Waals surface area (Å²) in [6.07, 6.45) is 0.891. The summed E-state index contributed by atoms with van der Waals surface area (Å²) in [6.45, 7) is 1.93. The van der Waals surface area contributed by atoms with Crippen molar-refractivity contribution in [3.05, 3.63) is 40.6 Å². The van der Waals surface area contributed by atoms with Crippen LogP contribution in [0.3, 0.4) is 0 Å². The molecule has 3 N–H and O–H groups in total. The first kappa shape index (κ1) is 16.9. The Bertz CT molecular complexity index is 632. The van der Waals surface area contributed by atoms with Crippen molar-refractivity contribution in [3.8, 4) is 11.5 Å². The first-order valence-corrected chi connectivity index (χ1v) is 7.68. The number of nitrogens with zero attached hydrogens (tertiary/aromatic N) is 1. The number of ether oxygens (including phenoxy) is 2. The Labute approximate surface area is 150 Å². The van der Waals surface area contributed by atoms with Crippen LogP contribution in [0.1, 0.15) is 11.3 Å². The second-order valence-corrected chi connectivity index (χ2v) is 5.65. The molecule has 3 rings (SSSR count). The van der Waals surface area contributed by atoms with E-state index in [1.807, 2.05) is 35.7 Å². The summed E-state index contributed by atoms with van der Waals surface area (Å²) in [4.78, 5) is 5.49. The summed E-state index contributed by atoms with van der Waals surface area (Å²) in [7, 11) is 0. The highest BCUT2D eigenvalue weighted by atomic mass is 127. The molecule has 0 amide bonds. The topological polar surface area (TPSA) is 68.9 Å². The van der Waals surface area contributed by atoms with Crippen LogP contribution in [0.2, 0.25) is 0 Å². The molecule has 1 aliphatic rings. The van der Waals surface area contributed by atoms with Gasteiger partial charge in [-0.25, -0.2) is 4.99 Å². The highest BCUT2D eigenvalue weighted by Gasteiger charge is 2.10. The molecule has 2 heterocycles. The first-order chi connectivity index (χ1) is 10.3. The molecule has 2 aromatic rings. The Morgan fingerprint density at radius 2 is 2.05 bits per heavy atom. The van der Waals surface area contributed by atoms with E-state index in [1.165, 1.54) is 4.88 Å². The zero-order valence-electron chi connectivity index (χ0n) is 12.0. The summed E-state index contributed by atoms with van der Waals surface area (Å²) in [5, 5.41) is 5.10. The molecule has 0 saturated carbocycles. The second-order valence-electron chi connectivity index (χ2n) is 4.62. The van der Waals surface area contributed by atoms with E-state index < -0.39 is 0 Å². The van der Waals surface area contributed by atoms with Crippen molar-refractivity contribution < 1.29 is 9.47 Å². The maximum absolute atomic E-state index is 5.90. The normalized spacial score (nSPS) is 13.9. The van der Waals surface area contributed by atoms with Gasteiger partial charge < -0.3 is 20.5 Å². The first-order valence-electron chi connectivity index (χ1n) is 6.80. The number of halogens is 1. The Hall–Kier alpha value is -1.48. The van der Waals surface area contributed by atoms with Gasteiger partial charge in [0.05, 0.1) is 19.8 Å². The summed E-state index contributed by atoms with van der Waals surface area (Å²) in [5.74, 6) is 1.90. The number of anilines is 1. The molecule has 5 nitrogen and oxygen atoms in total. The molecule has 0 fully saturated rings. The predicted octanol–water partition coefficient (Wildman–Crippen LogP) is 3.45. The fraction of sp³-hybridized carbons (Fsp3) is 0.267. The molecular formula is C15H18IN3O2S. The van der Waals surface area contributed by atoms with Gasteiger partial charge in [0.25, 0.3) is 0 Å². The van der Waals surface area contributed by atoms with Gasteiger partial charge in [-0.05, 0) is 23.6 Å². The Kier molecular flexibility index (Phi) is 6.32. The molecule has 0 aliphatic carbocycles. The van der Waals surface area contributed by atoms with Crippen molar-refractivity contribution in [1.82, 2.24) is 0 Å². The molecule has 0 radical (unpaired) electrons. The number of nitrogens with two attached hydrogens (primary N) is 1. The summed E-state index contributed by atoms with van der Waals surface area (Å²) in [5.41, 5.74) is 6.74. The van der Waals surface area contributed by atoms with E-state index in [0.717, 1.165) is 23.6 Å². The molecule has 0 bridgehead atoms. The number of aliphatic imine (C=N–C) groups is 1. The van der Waals surface area contributed by atoms with Crippen molar-refractivity contribution in [3.63, 3.8) is 0 Å².